The number of nitriles is 1. The lowest BCUT2D eigenvalue weighted by Crippen LogP contribution is -2.47. The number of hydrogen-bond donors (Lipinski definition) is 0. The molecule has 1 amide bonds. The topological polar surface area (TPSA) is 60.2 Å². The van der Waals surface area contributed by atoms with E-state index < -0.39 is 28.9 Å². The van der Waals surface area contributed by atoms with Crippen molar-refractivity contribution < 1.29 is 18.0 Å². The van der Waals surface area contributed by atoms with Crippen molar-refractivity contribution in [2.45, 2.75) is 45.5 Å². The molecule has 128 valence electrons. The lowest BCUT2D eigenvalue weighted by molar-refractivity contribution is -0.138. The maximum absolute atomic E-state index is 13.1. The first kappa shape index (κ1) is 18.1. The average Bonchev–Trinajstić information content (AvgIpc) is 2.63. The van der Waals surface area contributed by atoms with Gasteiger partial charge in [0.2, 0.25) is 0 Å². The molecular formula is C15H15F3N4OS. The first-order valence-corrected chi connectivity index (χ1v) is 7.49. The highest BCUT2D eigenvalue weighted by molar-refractivity contribution is 7.80. The average molecular weight is 356 g/mol. The van der Waals surface area contributed by atoms with Gasteiger partial charge in [0.05, 0.1) is 17.4 Å². The molecule has 1 aromatic rings. The molecule has 1 aromatic heterocycles. The number of carbonyl (C=O) groups excluding carboxylic acids is 1. The summed E-state index contributed by atoms with van der Waals surface area (Å²) in [7, 11) is 0. The van der Waals surface area contributed by atoms with Gasteiger partial charge in [-0.1, -0.05) is 0 Å². The number of nitrogens with zero attached hydrogens (tertiary/aromatic N) is 4. The van der Waals surface area contributed by atoms with Gasteiger partial charge in [-0.3, -0.25) is 9.69 Å². The van der Waals surface area contributed by atoms with E-state index in [9.17, 15) is 18.0 Å². The monoisotopic (exact) mass is 356 g/mol. The Morgan fingerprint density at radius 2 is 1.96 bits per heavy atom. The second-order valence-electron chi connectivity index (χ2n) is 6.15. The van der Waals surface area contributed by atoms with Gasteiger partial charge in [-0.2, -0.15) is 18.4 Å². The third kappa shape index (κ3) is 2.71. The zero-order valence-corrected chi connectivity index (χ0v) is 14.3. The molecule has 0 atom stereocenters. The largest absolute Gasteiger partial charge is 0.419 e. The number of pyridine rings is 1. The second kappa shape index (κ2) is 5.70. The molecule has 9 heteroatoms. The zero-order chi connectivity index (χ0) is 18.4. The Bertz CT molecular complexity index is 752. The van der Waals surface area contributed by atoms with Gasteiger partial charge in [0.25, 0.3) is 5.91 Å². The van der Waals surface area contributed by atoms with Crippen LogP contribution in [0.4, 0.5) is 18.9 Å². The summed E-state index contributed by atoms with van der Waals surface area (Å²) in [6.45, 7) is 6.98. The van der Waals surface area contributed by atoms with E-state index in [1.54, 1.807) is 18.7 Å². The molecular weight excluding hydrogens is 341 g/mol. The maximum atomic E-state index is 13.1. The van der Waals surface area contributed by atoms with Gasteiger partial charge < -0.3 is 4.90 Å². The summed E-state index contributed by atoms with van der Waals surface area (Å²) in [6.07, 6.45) is -3.70. The molecule has 0 unspecified atom stereocenters. The predicted octanol–water partition coefficient (Wildman–Crippen LogP) is 3.09. The summed E-state index contributed by atoms with van der Waals surface area (Å²) >= 11 is 5.30. The normalized spacial score (nSPS) is 17.6. The van der Waals surface area contributed by atoms with Crippen molar-refractivity contribution in [2.75, 3.05) is 4.90 Å². The predicted molar refractivity (Wildman–Crippen MR) is 85.1 cm³/mol. The van der Waals surface area contributed by atoms with E-state index in [2.05, 4.69) is 4.98 Å². The molecule has 24 heavy (non-hydrogen) atoms. The van der Waals surface area contributed by atoms with Crippen LogP contribution in [0.1, 0.15) is 39.0 Å². The highest BCUT2D eigenvalue weighted by atomic mass is 32.1. The Morgan fingerprint density at radius 1 is 1.38 bits per heavy atom. The molecule has 2 heterocycles. The Balaban J connectivity index is 2.59. The fourth-order valence-corrected chi connectivity index (χ4v) is 3.41. The molecule has 0 aliphatic carbocycles. The first-order chi connectivity index (χ1) is 10.9. The van der Waals surface area contributed by atoms with Crippen molar-refractivity contribution >= 4 is 28.9 Å². The molecule has 0 N–H and O–H groups in total. The van der Waals surface area contributed by atoms with E-state index in [-0.39, 0.29) is 16.8 Å². The standard InChI is InChI=1S/C15H15F3N4OS/c1-8(2)22-13(24)21(12(23)14(22,3)4)9-5-10(15(16,17)18)11(6-19)20-7-9/h5,7-8H,1-4H3. The van der Waals surface area contributed by atoms with Crippen LogP contribution < -0.4 is 4.90 Å². The van der Waals surface area contributed by atoms with Crippen LogP contribution in [0.2, 0.25) is 0 Å². The summed E-state index contributed by atoms with van der Waals surface area (Å²) in [5.41, 5.74) is -3.03. The van der Waals surface area contributed by atoms with E-state index in [1.165, 1.54) is 6.07 Å². The molecule has 2 rings (SSSR count). The molecule has 1 aliphatic rings. The van der Waals surface area contributed by atoms with Gasteiger partial charge in [-0.15, -0.1) is 0 Å². The lowest BCUT2D eigenvalue weighted by atomic mass is 10.0. The number of carbonyl (C=O) groups is 1. The van der Waals surface area contributed by atoms with Gasteiger partial charge in [0, 0.05) is 6.04 Å². The highest BCUT2D eigenvalue weighted by Gasteiger charge is 2.51. The van der Waals surface area contributed by atoms with E-state index in [1.807, 2.05) is 13.8 Å². The summed E-state index contributed by atoms with van der Waals surface area (Å²) in [5.74, 6) is -0.444. The number of halogens is 3. The number of rotatable bonds is 2. The van der Waals surface area contributed by atoms with Crippen molar-refractivity contribution in [3.05, 3.63) is 23.5 Å². The van der Waals surface area contributed by atoms with Gasteiger partial charge in [0.1, 0.15) is 11.6 Å². The fraction of sp³-hybridized carbons (Fsp3) is 0.467. The van der Waals surface area contributed by atoms with Crippen molar-refractivity contribution in [2.24, 2.45) is 0 Å². The van der Waals surface area contributed by atoms with Crippen LogP contribution in [0.25, 0.3) is 0 Å². The third-order valence-electron chi connectivity index (χ3n) is 3.79. The van der Waals surface area contributed by atoms with Crippen LogP contribution in [-0.4, -0.2) is 32.5 Å². The van der Waals surface area contributed by atoms with Crippen LogP contribution in [0.5, 0.6) is 0 Å². The van der Waals surface area contributed by atoms with Crippen LogP contribution >= 0.6 is 12.2 Å². The Hall–Kier alpha value is -2.21. The SMILES string of the molecule is CC(C)N1C(=S)N(c2cnc(C#N)c(C(F)(F)F)c2)C(=O)C1(C)C. The van der Waals surface area contributed by atoms with Crippen LogP contribution in [-0.2, 0) is 11.0 Å². The minimum absolute atomic E-state index is 0.104. The Kier molecular flexibility index (Phi) is 4.31. The van der Waals surface area contributed by atoms with E-state index in [0.717, 1.165) is 17.2 Å². The third-order valence-corrected chi connectivity index (χ3v) is 4.16. The number of aromatic nitrogens is 1. The van der Waals surface area contributed by atoms with Crippen molar-refractivity contribution in [3.8, 4) is 6.07 Å². The van der Waals surface area contributed by atoms with Crippen LogP contribution in [0.3, 0.4) is 0 Å². The highest BCUT2D eigenvalue weighted by Crippen LogP contribution is 2.37. The summed E-state index contributed by atoms with van der Waals surface area (Å²) < 4.78 is 39.3. The number of thiocarbonyl (C=S) groups is 1. The molecule has 0 aromatic carbocycles. The fourth-order valence-electron chi connectivity index (χ4n) is 2.79. The molecule has 1 saturated heterocycles. The van der Waals surface area contributed by atoms with Crippen LogP contribution in [0.15, 0.2) is 12.3 Å². The zero-order valence-electron chi connectivity index (χ0n) is 13.5. The quantitative estimate of drug-likeness (QED) is 0.762. The molecule has 0 radical (unpaired) electrons. The smallest absolute Gasteiger partial charge is 0.332 e. The molecule has 1 aliphatic heterocycles. The molecule has 0 bridgehead atoms. The van der Waals surface area contributed by atoms with Crippen molar-refractivity contribution in [1.29, 1.82) is 5.26 Å². The number of hydrogen-bond acceptors (Lipinski definition) is 4. The Morgan fingerprint density at radius 3 is 2.38 bits per heavy atom. The van der Waals surface area contributed by atoms with Gasteiger partial charge in [-0.05, 0) is 46.0 Å². The van der Waals surface area contributed by atoms with Gasteiger partial charge >= 0.3 is 6.18 Å². The molecule has 0 spiro atoms. The molecule has 0 saturated carbocycles. The first-order valence-electron chi connectivity index (χ1n) is 7.08. The van der Waals surface area contributed by atoms with Crippen molar-refractivity contribution in [3.63, 3.8) is 0 Å². The Labute approximate surface area is 142 Å². The van der Waals surface area contributed by atoms with E-state index in [4.69, 9.17) is 17.5 Å². The van der Waals surface area contributed by atoms with Gasteiger partial charge in [-0.25, -0.2) is 4.98 Å². The number of alkyl halides is 3. The second-order valence-corrected chi connectivity index (χ2v) is 6.51. The minimum atomic E-state index is -4.76. The molecule has 1 fully saturated rings. The number of amides is 1. The molecule has 5 nitrogen and oxygen atoms in total. The van der Waals surface area contributed by atoms with Crippen molar-refractivity contribution in [1.82, 2.24) is 9.88 Å². The van der Waals surface area contributed by atoms with Gasteiger partial charge in [0.15, 0.2) is 10.8 Å². The summed E-state index contributed by atoms with van der Waals surface area (Å²) in [6, 6.07) is 2.02. The van der Waals surface area contributed by atoms with Crippen LogP contribution in [0, 0.1) is 11.3 Å². The lowest BCUT2D eigenvalue weighted by Gasteiger charge is -2.33. The van der Waals surface area contributed by atoms with E-state index >= 15 is 0 Å². The number of anilines is 1. The summed E-state index contributed by atoms with van der Waals surface area (Å²) in [5, 5.41) is 8.92. The maximum Gasteiger partial charge on any atom is 0.419 e. The summed E-state index contributed by atoms with van der Waals surface area (Å²) in [4.78, 5) is 18.9. The minimum Gasteiger partial charge on any atom is -0.332 e. The van der Waals surface area contributed by atoms with E-state index in [0.29, 0.717) is 0 Å².